The first-order valence-electron chi connectivity index (χ1n) is 6.23. The van der Waals surface area contributed by atoms with Gasteiger partial charge >= 0.3 is 0 Å². The fourth-order valence-corrected chi connectivity index (χ4v) is 2.52. The first kappa shape index (κ1) is 15.1. The van der Waals surface area contributed by atoms with Gasteiger partial charge in [0.05, 0.1) is 5.25 Å². The Bertz CT molecular complexity index is 393. The molecule has 1 aromatic carbocycles. The molecule has 1 unspecified atom stereocenters. The van der Waals surface area contributed by atoms with Crippen LogP contribution in [0.5, 0.6) is 0 Å². The fourth-order valence-electron chi connectivity index (χ4n) is 1.51. The molecule has 0 aliphatic heterocycles. The predicted octanol–water partition coefficient (Wildman–Crippen LogP) is 2.41. The van der Waals surface area contributed by atoms with Crippen LogP contribution < -0.4 is 10.6 Å². The van der Waals surface area contributed by atoms with Gasteiger partial charge in [-0.05, 0) is 24.6 Å². The molecular formula is C14H22N2OS. The summed E-state index contributed by atoms with van der Waals surface area (Å²) in [6.07, 6.45) is 0. The van der Waals surface area contributed by atoms with E-state index in [0.29, 0.717) is 6.04 Å². The summed E-state index contributed by atoms with van der Waals surface area (Å²) < 4.78 is 0. The topological polar surface area (TPSA) is 41.1 Å². The normalized spacial score (nSPS) is 12.5. The molecule has 1 atom stereocenters. The van der Waals surface area contributed by atoms with Crippen LogP contribution in [0.3, 0.4) is 0 Å². The van der Waals surface area contributed by atoms with Crippen molar-refractivity contribution >= 4 is 17.7 Å². The maximum atomic E-state index is 11.5. The number of rotatable bonds is 6. The Labute approximate surface area is 114 Å². The van der Waals surface area contributed by atoms with Crippen LogP contribution in [0.2, 0.25) is 0 Å². The van der Waals surface area contributed by atoms with E-state index in [1.54, 1.807) is 18.8 Å². The molecule has 2 N–H and O–H groups in total. The van der Waals surface area contributed by atoms with Gasteiger partial charge in [0.2, 0.25) is 5.91 Å². The summed E-state index contributed by atoms with van der Waals surface area (Å²) in [5.41, 5.74) is 1.25. The van der Waals surface area contributed by atoms with Gasteiger partial charge in [-0.3, -0.25) is 4.79 Å². The Balaban J connectivity index is 2.61. The molecule has 0 spiro atoms. The highest BCUT2D eigenvalue weighted by atomic mass is 32.2. The quantitative estimate of drug-likeness (QED) is 0.777. The van der Waals surface area contributed by atoms with Crippen molar-refractivity contribution in [2.45, 2.75) is 43.5 Å². The minimum atomic E-state index is -0.0664. The van der Waals surface area contributed by atoms with Crippen molar-refractivity contribution in [3.05, 3.63) is 29.8 Å². The lowest BCUT2D eigenvalue weighted by Crippen LogP contribution is -2.27. The largest absolute Gasteiger partial charge is 0.358 e. The predicted molar refractivity (Wildman–Crippen MR) is 77.8 cm³/mol. The molecule has 0 aromatic heterocycles. The lowest BCUT2D eigenvalue weighted by atomic mass is 10.2. The van der Waals surface area contributed by atoms with E-state index >= 15 is 0 Å². The average Bonchev–Trinajstić information content (AvgIpc) is 2.35. The van der Waals surface area contributed by atoms with Gasteiger partial charge in [-0.1, -0.05) is 26.0 Å². The van der Waals surface area contributed by atoms with Gasteiger partial charge in [-0.25, -0.2) is 0 Å². The smallest absolute Gasteiger partial charge is 0.232 e. The number of hydrogen-bond acceptors (Lipinski definition) is 3. The van der Waals surface area contributed by atoms with E-state index in [0.717, 1.165) is 11.4 Å². The molecule has 0 aliphatic rings. The zero-order valence-corrected chi connectivity index (χ0v) is 12.3. The van der Waals surface area contributed by atoms with Gasteiger partial charge in [-0.2, -0.15) is 0 Å². The van der Waals surface area contributed by atoms with E-state index in [1.807, 2.05) is 19.1 Å². The number of carbonyl (C=O) groups is 1. The van der Waals surface area contributed by atoms with Crippen LogP contribution in [0.15, 0.2) is 29.2 Å². The summed E-state index contributed by atoms with van der Waals surface area (Å²) in [4.78, 5) is 12.6. The minimum Gasteiger partial charge on any atom is -0.358 e. The molecule has 3 nitrogen and oxygen atoms in total. The molecule has 100 valence electrons. The van der Waals surface area contributed by atoms with Crippen LogP contribution in [0, 0.1) is 0 Å². The van der Waals surface area contributed by atoms with E-state index in [4.69, 9.17) is 0 Å². The third-order valence-electron chi connectivity index (χ3n) is 2.54. The minimum absolute atomic E-state index is 0.0608. The standard InChI is InChI=1S/C14H22N2OS/c1-10(2)16-9-12-6-5-7-13(8-12)18-11(3)14(17)15-4/h5-8,10-11,16H,9H2,1-4H3,(H,15,17). The van der Waals surface area contributed by atoms with E-state index in [1.165, 1.54) is 5.56 Å². The van der Waals surface area contributed by atoms with E-state index in [9.17, 15) is 4.79 Å². The molecule has 18 heavy (non-hydrogen) atoms. The zero-order valence-electron chi connectivity index (χ0n) is 11.5. The van der Waals surface area contributed by atoms with E-state index in [-0.39, 0.29) is 11.2 Å². The third-order valence-corrected chi connectivity index (χ3v) is 3.64. The Hall–Kier alpha value is -1.00. The van der Waals surface area contributed by atoms with Gasteiger partial charge < -0.3 is 10.6 Å². The summed E-state index contributed by atoms with van der Waals surface area (Å²) in [5.74, 6) is 0.0608. The number of thioether (sulfide) groups is 1. The van der Waals surface area contributed by atoms with Crippen molar-refractivity contribution in [1.82, 2.24) is 10.6 Å². The summed E-state index contributed by atoms with van der Waals surface area (Å²) in [7, 11) is 1.67. The Kier molecular flexibility index (Phi) is 6.22. The van der Waals surface area contributed by atoms with Gasteiger partial charge in [0.15, 0.2) is 0 Å². The highest BCUT2D eigenvalue weighted by Gasteiger charge is 2.12. The summed E-state index contributed by atoms with van der Waals surface area (Å²) in [6, 6.07) is 8.80. The van der Waals surface area contributed by atoms with Crippen LogP contribution in [-0.2, 0) is 11.3 Å². The molecular weight excluding hydrogens is 244 g/mol. The monoisotopic (exact) mass is 266 g/mol. The summed E-state index contributed by atoms with van der Waals surface area (Å²) in [6.45, 7) is 7.04. The van der Waals surface area contributed by atoms with Gasteiger partial charge in [-0.15, -0.1) is 11.8 Å². The lowest BCUT2D eigenvalue weighted by Gasteiger charge is -2.12. The van der Waals surface area contributed by atoms with Crippen molar-refractivity contribution < 1.29 is 4.79 Å². The number of carbonyl (C=O) groups excluding carboxylic acids is 1. The fraction of sp³-hybridized carbons (Fsp3) is 0.500. The van der Waals surface area contributed by atoms with Crippen molar-refractivity contribution in [3.63, 3.8) is 0 Å². The summed E-state index contributed by atoms with van der Waals surface area (Å²) in [5, 5.41) is 5.99. The SMILES string of the molecule is CNC(=O)C(C)Sc1cccc(CNC(C)C)c1. The number of amides is 1. The van der Waals surface area contributed by atoms with Crippen molar-refractivity contribution in [1.29, 1.82) is 0 Å². The lowest BCUT2D eigenvalue weighted by molar-refractivity contribution is -0.119. The first-order chi connectivity index (χ1) is 8.52. The highest BCUT2D eigenvalue weighted by Crippen LogP contribution is 2.24. The van der Waals surface area contributed by atoms with Crippen molar-refractivity contribution in [2.75, 3.05) is 7.05 Å². The zero-order chi connectivity index (χ0) is 13.5. The molecule has 1 amide bonds. The Morgan fingerprint density at radius 3 is 2.67 bits per heavy atom. The molecule has 0 fully saturated rings. The average molecular weight is 266 g/mol. The molecule has 0 heterocycles. The van der Waals surface area contributed by atoms with E-state index < -0.39 is 0 Å². The van der Waals surface area contributed by atoms with Gasteiger partial charge in [0, 0.05) is 24.5 Å². The molecule has 0 saturated carbocycles. The maximum Gasteiger partial charge on any atom is 0.232 e. The van der Waals surface area contributed by atoms with Crippen LogP contribution in [0.1, 0.15) is 26.3 Å². The molecule has 4 heteroatoms. The highest BCUT2D eigenvalue weighted by molar-refractivity contribution is 8.00. The first-order valence-corrected chi connectivity index (χ1v) is 7.11. The van der Waals surface area contributed by atoms with Crippen LogP contribution in [0.25, 0.3) is 0 Å². The Morgan fingerprint density at radius 2 is 2.06 bits per heavy atom. The van der Waals surface area contributed by atoms with Crippen LogP contribution in [-0.4, -0.2) is 24.2 Å². The van der Waals surface area contributed by atoms with Crippen molar-refractivity contribution in [2.24, 2.45) is 0 Å². The molecule has 1 rings (SSSR count). The maximum absolute atomic E-state index is 11.5. The van der Waals surface area contributed by atoms with Crippen molar-refractivity contribution in [3.8, 4) is 0 Å². The molecule has 0 saturated heterocycles. The molecule has 0 bridgehead atoms. The Morgan fingerprint density at radius 1 is 1.33 bits per heavy atom. The second-order valence-electron chi connectivity index (χ2n) is 4.56. The van der Waals surface area contributed by atoms with Crippen LogP contribution in [0.4, 0.5) is 0 Å². The van der Waals surface area contributed by atoms with Crippen LogP contribution >= 0.6 is 11.8 Å². The number of benzene rings is 1. The summed E-state index contributed by atoms with van der Waals surface area (Å²) >= 11 is 1.58. The van der Waals surface area contributed by atoms with E-state index in [2.05, 4.69) is 36.6 Å². The third kappa shape index (κ3) is 5.10. The molecule has 0 radical (unpaired) electrons. The second-order valence-corrected chi connectivity index (χ2v) is 5.97. The molecule has 1 aromatic rings. The number of hydrogen-bond donors (Lipinski definition) is 2. The van der Waals surface area contributed by atoms with Gasteiger partial charge in [0.1, 0.15) is 0 Å². The van der Waals surface area contributed by atoms with Gasteiger partial charge in [0.25, 0.3) is 0 Å². The molecule has 0 aliphatic carbocycles. The number of nitrogens with one attached hydrogen (secondary N) is 2. The second kappa shape index (κ2) is 7.44.